The third-order valence-electron chi connectivity index (χ3n) is 5.90. The number of hydrogen-bond donors (Lipinski definition) is 1. The molecular weight excluding hydrogens is 264 g/mol. The second kappa shape index (κ2) is 6.66. The van der Waals surface area contributed by atoms with Crippen molar-refractivity contribution >= 4 is 5.91 Å². The van der Waals surface area contributed by atoms with Crippen LogP contribution < -0.4 is 5.32 Å². The summed E-state index contributed by atoms with van der Waals surface area (Å²) in [4.78, 5) is 14.9. The number of ether oxygens (including phenoxy) is 1. The fourth-order valence-corrected chi connectivity index (χ4v) is 4.25. The van der Waals surface area contributed by atoms with E-state index in [9.17, 15) is 4.79 Å². The molecule has 3 aliphatic rings. The quantitative estimate of drug-likeness (QED) is 0.868. The minimum Gasteiger partial charge on any atom is -0.381 e. The van der Waals surface area contributed by atoms with Gasteiger partial charge in [-0.3, -0.25) is 9.69 Å². The van der Waals surface area contributed by atoms with E-state index in [1.165, 1.54) is 51.4 Å². The number of carbonyl (C=O) groups is 1. The molecule has 1 spiro atoms. The molecule has 0 aromatic heterocycles. The van der Waals surface area contributed by atoms with Gasteiger partial charge in [-0.1, -0.05) is 19.3 Å². The summed E-state index contributed by atoms with van der Waals surface area (Å²) in [5.41, 5.74) is 0.428. The van der Waals surface area contributed by atoms with Gasteiger partial charge in [-0.2, -0.15) is 0 Å². The molecule has 1 aliphatic carbocycles. The maximum atomic E-state index is 12.5. The average Bonchev–Trinajstić information content (AvgIpc) is 2.92. The van der Waals surface area contributed by atoms with Gasteiger partial charge in [-0.25, -0.2) is 0 Å². The second-order valence-electron chi connectivity index (χ2n) is 7.35. The number of nitrogens with one attached hydrogen (secondary N) is 1. The molecule has 2 heterocycles. The first-order valence-corrected chi connectivity index (χ1v) is 8.81. The molecule has 0 aromatic carbocycles. The molecule has 2 saturated heterocycles. The van der Waals surface area contributed by atoms with Crippen molar-refractivity contribution in [3.05, 3.63) is 0 Å². The molecule has 4 nitrogen and oxygen atoms in total. The SMILES string of the molecule is CC(C(=O)NC1CCCCC1)N1CCC2(CCOCC2)C1. The Morgan fingerprint density at radius 1 is 1.19 bits per heavy atom. The Balaban J connectivity index is 1.50. The van der Waals surface area contributed by atoms with Gasteiger partial charge in [-0.15, -0.1) is 0 Å². The maximum absolute atomic E-state index is 12.5. The summed E-state index contributed by atoms with van der Waals surface area (Å²) in [6.45, 7) is 6.03. The van der Waals surface area contributed by atoms with Gasteiger partial charge in [0.25, 0.3) is 0 Å². The second-order valence-corrected chi connectivity index (χ2v) is 7.35. The first-order chi connectivity index (χ1) is 10.2. The van der Waals surface area contributed by atoms with E-state index in [1.54, 1.807) is 0 Å². The molecule has 4 heteroatoms. The number of likely N-dealkylation sites (tertiary alicyclic amines) is 1. The summed E-state index contributed by atoms with van der Waals surface area (Å²) in [5.74, 6) is 0.242. The van der Waals surface area contributed by atoms with E-state index in [0.717, 1.165) is 26.3 Å². The van der Waals surface area contributed by atoms with Crippen LogP contribution in [0.2, 0.25) is 0 Å². The molecule has 1 unspecified atom stereocenters. The predicted octanol–water partition coefficient (Wildman–Crippen LogP) is 2.33. The highest BCUT2D eigenvalue weighted by Crippen LogP contribution is 2.40. The summed E-state index contributed by atoms with van der Waals surface area (Å²) in [6.07, 6.45) is 9.77. The van der Waals surface area contributed by atoms with Crippen LogP contribution in [0.4, 0.5) is 0 Å². The normalized spacial score (nSPS) is 28.6. The van der Waals surface area contributed by atoms with Crippen molar-refractivity contribution in [1.29, 1.82) is 0 Å². The van der Waals surface area contributed by atoms with Gasteiger partial charge in [0.15, 0.2) is 0 Å². The lowest BCUT2D eigenvalue weighted by Gasteiger charge is -2.34. The molecule has 0 aromatic rings. The molecule has 0 bridgehead atoms. The highest BCUT2D eigenvalue weighted by Gasteiger charge is 2.41. The lowest BCUT2D eigenvalue weighted by Crippen LogP contribution is -2.48. The molecular formula is C17H30N2O2. The number of carbonyl (C=O) groups excluding carboxylic acids is 1. The van der Waals surface area contributed by atoms with E-state index < -0.39 is 0 Å². The molecule has 21 heavy (non-hydrogen) atoms. The standard InChI is InChI=1S/C17H30N2O2/c1-14(16(20)18-15-5-3-2-4-6-15)19-10-7-17(13-19)8-11-21-12-9-17/h14-15H,2-13H2,1H3,(H,18,20). The smallest absolute Gasteiger partial charge is 0.237 e. The van der Waals surface area contributed by atoms with Crippen molar-refractivity contribution in [1.82, 2.24) is 10.2 Å². The van der Waals surface area contributed by atoms with Gasteiger partial charge in [0.2, 0.25) is 5.91 Å². The van der Waals surface area contributed by atoms with E-state index in [2.05, 4.69) is 17.1 Å². The Morgan fingerprint density at radius 2 is 1.90 bits per heavy atom. The summed E-state index contributed by atoms with van der Waals surface area (Å²) in [6, 6.07) is 0.447. The van der Waals surface area contributed by atoms with Gasteiger partial charge >= 0.3 is 0 Å². The van der Waals surface area contributed by atoms with Crippen LogP contribution in [0.15, 0.2) is 0 Å². The Kier molecular flexibility index (Phi) is 4.85. The summed E-state index contributed by atoms with van der Waals surface area (Å²) >= 11 is 0. The molecule has 3 fully saturated rings. The number of amides is 1. The van der Waals surface area contributed by atoms with E-state index in [1.807, 2.05) is 0 Å². The van der Waals surface area contributed by atoms with Crippen LogP contribution in [-0.4, -0.2) is 49.2 Å². The average molecular weight is 294 g/mol. The highest BCUT2D eigenvalue weighted by atomic mass is 16.5. The van der Waals surface area contributed by atoms with E-state index in [0.29, 0.717) is 11.5 Å². The van der Waals surface area contributed by atoms with Crippen LogP contribution in [0, 0.1) is 5.41 Å². The lowest BCUT2D eigenvalue weighted by molar-refractivity contribution is -0.126. The third kappa shape index (κ3) is 3.59. The predicted molar refractivity (Wildman–Crippen MR) is 83.2 cm³/mol. The van der Waals surface area contributed by atoms with E-state index in [4.69, 9.17) is 4.74 Å². The zero-order chi connectivity index (χ0) is 14.7. The minimum atomic E-state index is 0.0224. The molecule has 2 aliphatic heterocycles. The van der Waals surface area contributed by atoms with Crippen molar-refractivity contribution < 1.29 is 9.53 Å². The molecule has 0 radical (unpaired) electrons. The summed E-state index contributed by atoms with van der Waals surface area (Å²) < 4.78 is 5.50. The Labute approximate surface area is 128 Å². The van der Waals surface area contributed by atoms with Crippen molar-refractivity contribution in [2.45, 2.75) is 70.4 Å². The van der Waals surface area contributed by atoms with Crippen molar-refractivity contribution in [2.75, 3.05) is 26.3 Å². The molecule has 1 atom stereocenters. The van der Waals surface area contributed by atoms with Gasteiger partial charge in [0.05, 0.1) is 6.04 Å². The van der Waals surface area contributed by atoms with Gasteiger partial charge in [-0.05, 0) is 51.0 Å². The maximum Gasteiger partial charge on any atom is 0.237 e. The topological polar surface area (TPSA) is 41.6 Å². The summed E-state index contributed by atoms with van der Waals surface area (Å²) in [5, 5.41) is 3.28. The van der Waals surface area contributed by atoms with Crippen LogP contribution >= 0.6 is 0 Å². The molecule has 1 amide bonds. The van der Waals surface area contributed by atoms with Gasteiger partial charge in [0.1, 0.15) is 0 Å². The summed E-state index contributed by atoms with van der Waals surface area (Å²) in [7, 11) is 0. The van der Waals surface area contributed by atoms with Gasteiger partial charge < -0.3 is 10.1 Å². The zero-order valence-corrected chi connectivity index (χ0v) is 13.4. The van der Waals surface area contributed by atoms with Crippen LogP contribution in [0.25, 0.3) is 0 Å². The van der Waals surface area contributed by atoms with E-state index >= 15 is 0 Å². The van der Waals surface area contributed by atoms with Crippen molar-refractivity contribution in [3.63, 3.8) is 0 Å². The molecule has 3 rings (SSSR count). The highest BCUT2D eigenvalue weighted by molar-refractivity contribution is 5.81. The first-order valence-electron chi connectivity index (χ1n) is 8.81. The van der Waals surface area contributed by atoms with E-state index in [-0.39, 0.29) is 11.9 Å². The minimum absolute atomic E-state index is 0.0224. The third-order valence-corrected chi connectivity index (χ3v) is 5.90. The molecule has 120 valence electrons. The van der Waals surface area contributed by atoms with Crippen LogP contribution in [0.5, 0.6) is 0 Å². The number of rotatable bonds is 3. The monoisotopic (exact) mass is 294 g/mol. The van der Waals surface area contributed by atoms with Crippen molar-refractivity contribution in [3.8, 4) is 0 Å². The Morgan fingerprint density at radius 3 is 2.62 bits per heavy atom. The van der Waals surface area contributed by atoms with Crippen molar-refractivity contribution in [2.24, 2.45) is 5.41 Å². The van der Waals surface area contributed by atoms with Gasteiger partial charge in [0, 0.05) is 25.8 Å². The first kappa shape index (κ1) is 15.3. The number of nitrogens with zero attached hydrogens (tertiary/aromatic N) is 1. The largest absolute Gasteiger partial charge is 0.381 e. The zero-order valence-electron chi connectivity index (χ0n) is 13.4. The molecule has 1 saturated carbocycles. The van der Waals surface area contributed by atoms with Crippen LogP contribution in [-0.2, 0) is 9.53 Å². The fraction of sp³-hybridized carbons (Fsp3) is 0.941. The van der Waals surface area contributed by atoms with Crippen LogP contribution in [0.3, 0.4) is 0 Å². The molecule has 1 N–H and O–H groups in total. The van der Waals surface area contributed by atoms with Crippen LogP contribution in [0.1, 0.15) is 58.3 Å². The Hall–Kier alpha value is -0.610. The lowest BCUT2D eigenvalue weighted by atomic mass is 9.80. The Bertz CT molecular complexity index is 360. The number of hydrogen-bond acceptors (Lipinski definition) is 3. The fourth-order valence-electron chi connectivity index (χ4n) is 4.25.